The largest absolute Gasteiger partial charge is 0.323 e. The van der Waals surface area contributed by atoms with Crippen molar-refractivity contribution in [2.75, 3.05) is 20.1 Å². The summed E-state index contributed by atoms with van der Waals surface area (Å²) < 4.78 is 57.5. The summed E-state index contributed by atoms with van der Waals surface area (Å²) in [4.78, 5) is 12.9. The van der Waals surface area contributed by atoms with Crippen LogP contribution in [0.4, 0.5) is 27.5 Å². The molecule has 6 aromatic carbocycles. The van der Waals surface area contributed by atoms with Crippen LogP contribution >= 0.6 is 0 Å². The van der Waals surface area contributed by atoms with Crippen LogP contribution in [0.1, 0.15) is 0 Å². The average molecular weight is 623 g/mol. The lowest BCUT2D eigenvalue weighted by Gasteiger charge is -2.12. The molecule has 6 rings (SSSR count). The number of anilines is 4. The third-order valence-electron chi connectivity index (χ3n) is 6.87. The monoisotopic (exact) mass is 622 g/mol. The lowest BCUT2D eigenvalue weighted by atomic mass is 10.1. The summed E-state index contributed by atoms with van der Waals surface area (Å²) in [6, 6.07) is 36.7. The Kier molecular flexibility index (Phi) is 7.64. The summed E-state index contributed by atoms with van der Waals surface area (Å²) in [5.41, 5.74) is 1.56. The summed E-state index contributed by atoms with van der Waals surface area (Å²) in [5.74, 6) is 0. The summed E-state index contributed by atoms with van der Waals surface area (Å²) in [6.07, 6.45) is 0. The Morgan fingerprint density at radius 1 is 0.409 bits per heavy atom. The van der Waals surface area contributed by atoms with Crippen molar-refractivity contribution in [3.63, 3.8) is 0 Å². The van der Waals surface area contributed by atoms with Crippen LogP contribution < -0.4 is 20.1 Å². The normalized spacial score (nSPS) is 11.6. The molecule has 0 atom stereocenters. The summed E-state index contributed by atoms with van der Waals surface area (Å²) in [5, 5.41) is 8.25. The summed E-state index contributed by atoms with van der Waals surface area (Å²) in [6.45, 7) is 0. The fourth-order valence-corrected chi connectivity index (χ4v) is 7.40. The Labute approximate surface area is 254 Å². The smallest absolute Gasteiger partial charge is 0.308 e. The van der Waals surface area contributed by atoms with Gasteiger partial charge in [-0.15, -0.1) is 0 Å². The number of fused-ring (bicyclic) bond motifs is 2. The lowest BCUT2D eigenvalue weighted by Crippen LogP contribution is -2.19. The van der Waals surface area contributed by atoms with Crippen molar-refractivity contribution in [2.45, 2.75) is 9.79 Å². The first-order valence-electron chi connectivity index (χ1n) is 13.5. The number of urea groups is 1. The van der Waals surface area contributed by atoms with Crippen molar-refractivity contribution >= 4 is 70.4 Å². The van der Waals surface area contributed by atoms with E-state index in [4.69, 9.17) is 0 Å². The Balaban J connectivity index is 1.07. The van der Waals surface area contributed by atoms with Gasteiger partial charge < -0.3 is 10.6 Å². The molecule has 0 spiro atoms. The van der Waals surface area contributed by atoms with E-state index in [1.807, 2.05) is 36.4 Å². The van der Waals surface area contributed by atoms with Crippen molar-refractivity contribution in [2.24, 2.45) is 0 Å². The van der Waals surface area contributed by atoms with E-state index >= 15 is 0 Å². The summed E-state index contributed by atoms with van der Waals surface area (Å²) in [7, 11) is -7.70. The second-order valence-electron chi connectivity index (χ2n) is 9.90. The van der Waals surface area contributed by atoms with E-state index in [9.17, 15) is 21.6 Å². The maximum atomic E-state index is 13.1. The number of carbonyl (C=O) groups excluding carboxylic acids is 1. The molecule has 0 unspecified atom stereocenters. The SMILES string of the molecule is O=C(Nc1ccc(NS(=O)(=O)c2cccc3ccccc23)cc1)Nc1ccc(NS(=O)(=O)c2cccc3ccccc23)cc1. The Bertz CT molecular complexity index is 2050. The number of hydrogen-bond donors (Lipinski definition) is 4. The highest BCUT2D eigenvalue weighted by Crippen LogP contribution is 2.27. The maximum absolute atomic E-state index is 13.1. The van der Waals surface area contributed by atoms with E-state index in [0.717, 1.165) is 10.8 Å². The maximum Gasteiger partial charge on any atom is 0.323 e. The van der Waals surface area contributed by atoms with Gasteiger partial charge in [-0.25, -0.2) is 21.6 Å². The van der Waals surface area contributed by atoms with Gasteiger partial charge in [0.1, 0.15) is 0 Å². The van der Waals surface area contributed by atoms with Gasteiger partial charge in [-0.3, -0.25) is 9.44 Å². The fourth-order valence-electron chi connectivity index (χ4n) is 4.82. The highest BCUT2D eigenvalue weighted by atomic mass is 32.2. The molecule has 0 saturated carbocycles. The fraction of sp³-hybridized carbons (Fsp3) is 0. The zero-order chi connectivity index (χ0) is 30.7. The van der Waals surface area contributed by atoms with Crippen LogP contribution in [0.25, 0.3) is 21.5 Å². The van der Waals surface area contributed by atoms with Crippen molar-refractivity contribution in [3.8, 4) is 0 Å². The van der Waals surface area contributed by atoms with E-state index in [1.165, 1.54) is 0 Å². The van der Waals surface area contributed by atoms with Gasteiger partial charge in [-0.1, -0.05) is 72.8 Å². The molecule has 6 aromatic rings. The molecular formula is C33H26N4O5S2. The van der Waals surface area contributed by atoms with Gasteiger partial charge in [0.2, 0.25) is 0 Å². The number of rotatable bonds is 8. The molecule has 2 amide bonds. The molecule has 0 aromatic heterocycles. The van der Waals surface area contributed by atoms with E-state index in [-0.39, 0.29) is 9.79 Å². The Morgan fingerprint density at radius 3 is 1.16 bits per heavy atom. The first-order valence-corrected chi connectivity index (χ1v) is 16.4. The number of hydrogen-bond acceptors (Lipinski definition) is 5. The average Bonchev–Trinajstić information content (AvgIpc) is 3.02. The minimum absolute atomic E-state index is 0.171. The van der Waals surface area contributed by atoms with Crippen LogP contribution in [-0.4, -0.2) is 22.9 Å². The van der Waals surface area contributed by atoms with E-state index in [0.29, 0.717) is 33.5 Å². The van der Waals surface area contributed by atoms with Crippen LogP contribution in [0.15, 0.2) is 143 Å². The second-order valence-corrected chi connectivity index (χ2v) is 13.2. The molecule has 0 aliphatic heterocycles. The molecule has 0 aliphatic rings. The van der Waals surface area contributed by atoms with Gasteiger partial charge in [0.25, 0.3) is 20.0 Å². The van der Waals surface area contributed by atoms with Crippen molar-refractivity contribution in [3.05, 3.63) is 133 Å². The molecule has 44 heavy (non-hydrogen) atoms. The summed E-state index contributed by atoms with van der Waals surface area (Å²) >= 11 is 0. The van der Waals surface area contributed by atoms with Crippen LogP contribution in [0.5, 0.6) is 0 Å². The van der Waals surface area contributed by atoms with Crippen LogP contribution in [0, 0.1) is 0 Å². The predicted octanol–water partition coefficient (Wildman–Crippen LogP) is 7.24. The van der Waals surface area contributed by atoms with Gasteiger partial charge >= 0.3 is 6.03 Å². The molecule has 0 radical (unpaired) electrons. The molecule has 220 valence electrons. The zero-order valence-corrected chi connectivity index (χ0v) is 24.7. The van der Waals surface area contributed by atoms with E-state index in [2.05, 4.69) is 20.1 Å². The van der Waals surface area contributed by atoms with Crippen LogP contribution in [0.2, 0.25) is 0 Å². The first-order chi connectivity index (χ1) is 21.2. The van der Waals surface area contributed by atoms with Crippen LogP contribution in [0.3, 0.4) is 0 Å². The Morgan fingerprint density at radius 2 is 0.750 bits per heavy atom. The molecule has 0 bridgehead atoms. The lowest BCUT2D eigenvalue weighted by molar-refractivity contribution is 0.262. The van der Waals surface area contributed by atoms with Crippen molar-refractivity contribution in [1.82, 2.24) is 0 Å². The standard InChI is InChI=1S/C33H26N4O5S2/c38-33(34-25-15-19-27(20-16-25)36-43(39,40)31-13-5-9-23-7-1-3-11-29(23)31)35-26-17-21-28(22-18-26)37-44(41,42)32-14-6-10-24-8-2-4-12-30(24)32/h1-22,36-37H,(H2,34,35,38). The van der Waals surface area contributed by atoms with Crippen LogP contribution in [-0.2, 0) is 20.0 Å². The minimum Gasteiger partial charge on any atom is -0.308 e. The molecule has 4 N–H and O–H groups in total. The molecular weight excluding hydrogens is 597 g/mol. The number of benzene rings is 6. The molecule has 11 heteroatoms. The minimum atomic E-state index is -3.85. The third kappa shape index (κ3) is 6.19. The van der Waals surface area contributed by atoms with E-state index in [1.54, 1.807) is 97.1 Å². The van der Waals surface area contributed by atoms with E-state index < -0.39 is 26.1 Å². The Hall–Kier alpha value is -5.39. The predicted molar refractivity (Wildman–Crippen MR) is 175 cm³/mol. The van der Waals surface area contributed by atoms with Crippen molar-refractivity contribution < 1.29 is 21.6 Å². The highest BCUT2D eigenvalue weighted by molar-refractivity contribution is 7.93. The topological polar surface area (TPSA) is 133 Å². The van der Waals surface area contributed by atoms with Gasteiger partial charge in [0, 0.05) is 33.5 Å². The number of nitrogens with one attached hydrogen (secondary N) is 4. The first kappa shape index (κ1) is 28.7. The quantitative estimate of drug-likeness (QED) is 0.142. The molecule has 0 saturated heterocycles. The zero-order valence-electron chi connectivity index (χ0n) is 23.1. The van der Waals surface area contributed by atoms with Gasteiger partial charge in [-0.2, -0.15) is 0 Å². The number of amides is 2. The van der Waals surface area contributed by atoms with Gasteiger partial charge in [-0.05, 0) is 71.4 Å². The van der Waals surface area contributed by atoms with Gasteiger partial charge in [0.05, 0.1) is 9.79 Å². The molecule has 9 nitrogen and oxygen atoms in total. The molecule has 0 heterocycles. The number of sulfonamides is 2. The molecule has 0 fully saturated rings. The second kappa shape index (κ2) is 11.7. The molecule has 0 aliphatic carbocycles. The van der Waals surface area contributed by atoms with Gasteiger partial charge in [0.15, 0.2) is 0 Å². The van der Waals surface area contributed by atoms with Crippen molar-refractivity contribution in [1.29, 1.82) is 0 Å². The third-order valence-corrected chi connectivity index (χ3v) is 9.75. The number of carbonyl (C=O) groups is 1. The highest BCUT2D eigenvalue weighted by Gasteiger charge is 2.18.